The molecule has 6 rings (SSSR count). The summed E-state index contributed by atoms with van der Waals surface area (Å²) in [6, 6.07) is 4.42. The van der Waals surface area contributed by atoms with Crippen molar-refractivity contribution in [1.82, 2.24) is 30.0 Å². The van der Waals surface area contributed by atoms with E-state index < -0.39 is 5.60 Å². The average Bonchev–Trinajstić information content (AvgIpc) is 3.17. The van der Waals surface area contributed by atoms with Gasteiger partial charge in [0.25, 0.3) is 0 Å². The van der Waals surface area contributed by atoms with E-state index >= 15 is 0 Å². The number of rotatable bonds is 4. The third-order valence-electron chi connectivity index (χ3n) is 7.49. The molecule has 10 nitrogen and oxygen atoms in total. The first kappa shape index (κ1) is 23.8. The van der Waals surface area contributed by atoms with E-state index in [1.807, 2.05) is 51.7 Å². The van der Waals surface area contributed by atoms with Gasteiger partial charge in [-0.15, -0.1) is 0 Å². The lowest BCUT2D eigenvalue weighted by Crippen LogP contribution is -2.73. The van der Waals surface area contributed by atoms with Crippen LogP contribution in [-0.2, 0) is 4.74 Å². The summed E-state index contributed by atoms with van der Waals surface area (Å²) in [5, 5.41) is 10.5. The number of hydrogen-bond donors (Lipinski definition) is 2. The van der Waals surface area contributed by atoms with Gasteiger partial charge in [-0.2, -0.15) is 10.1 Å². The third kappa shape index (κ3) is 4.94. The molecule has 2 N–H and O–H groups in total. The Kier molecular flexibility index (Phi) is 5.89. The van der Waals surface area contributed by atoms with Crippen LogP contribution >= 0.6 is 0 Å². The van der Waals surface area contributed by atoms with Crippen LogP contribution in [0.15, 0.2) is 12.1 Å². The van der Waals surface area contributed by atoms with E-state index in [1.54, 1.807) is 0 Å². The molecule has 2 aromatic rings. The fourth-order valence-corrected chi connectivity index (χ4v) is 5.54. The van der Waals surface area contributed by atoms with Gasteiger partial charge in [0.15, 0.2) is 5.82 Å². The number of H-pyrrole nitrogens is 1. The van der Waals surface area contributed by atoms with Crippen molar-refractivity contribution in [1.29, 1.82) is 0 Å². The number of hydrogen-bond acceptors (Lipinski definition) is 8. The molecular weight excluding hydrogens is 444 g/mol. The number of fused-ring (bicyclic) bond motifs is 2. The number of ether oxygens (including phenoxy) is 1. The first-order chi connectivity index (χ1) is 16.5. The maximum atomic E-state index is 12.6. The number of anilines is 3. The fourth-order valence-electron chi connectivity index (χ4n) is 5.54. The van der Waals surface area contributed by atoms with Crippen molar-refractivity contribution < 1.29 is 9.53 Å². The monoisotopic (exact) mass is 482 g/mol. The highest BCUT2D eigenvalue weighted by molar-refractivity contribution is 5.70. The minimum absolute atomic E-state index is 0.116. The number of aryl methyl sites for hydroxylation is 2. The normalized spacial score (nSPS) is 24.2. The number of piperidine rings is 2. The van der Waals surface area contributed by atoms with Gasteiger partial charge in [0.2, 0.25) is 5.95 Å². The van der Waals surface area contributed by atoms with Crippen LogP contribution in [0.1, 0.15) is 58.3 Å². The van der Waals surface area contributed by atoms with Crippen LogP contribution in [0, 0.1) is 13.8 Å². The van der Waals surface area contributed by atoms with Gasteiger partial charge in [0.05, 0.1) is 12.1 Å². The number of nitrogens with one attached hydrogen (secondary N) is 2. The largest absolute Gasteiger partial charge is 0.444 e. The molecule has 2 bridgehead atoms. The molecule has 4 saturated heterocycles. The summed E-state index contributed by atoms with van der Waals surface area (Å²) in [5.74, 6) is 2.27. The lowest BCUT2D eigenvalue weighted by Gasteiger charge is -2.60. The summed E-state index contributed by atoms with van der Waals surface area (Å²) >= 11 is 0. The van der Waals surface area contributed by atoms with Crippen LogP contribution < -0.4 is 10.2 Å². The van der Waals surface area contributed by atoms with Crippen molar-refractivity contribution in [3.63, 3.8) is 0 Å². The Balaban J connectivity index is 1.20. The van der Waals surface area contributed by atoms with Gasteiger partial charge in [-0.1, -0.05) is 0 Å². The molecule has 2 aromatic heterocycles. The molecule has 2 unspecified atom stereocenters. The number of amides is 1. The van der Waals surface area contributed by atoms with Crippen molar-refractivity contribution in [3.8, 4) is 0 Å². The molecule has 4 fully saturated rings. The molecule has 35 heavy (non-hydrogen) atoms. The highest BCUT2D eigenvalue weighted by Crippen LogP contribution is 2.40. The Hall–Kier alpha value is -2.88. The van der Waals surface area contributed by atoms with Crippen molar-refractivity contribution in [2.45, 2.75) is 84.0 Å². The number of piperazine rings is 1. The Morgan fingerprint density at radius 2 is 1.80 bits per heavy atom. The van der Waals surface area contributed by atoms with Crippen molar-refractivity contribution in [3.05, 3.63) is 23.5 Å². The topological polar surface area (TPSA) is 103 Å². The van der Waals surface area contributed by atoms with Gasteiger partial charge in [-0.25, -0.2) is 9.78 Å². The fraction of sp³-hybridized carbons (Fsp3) is 0.680. The van der Waals surface area contributed by atoms with Gasteiger partial charge >= 0.3 is 6.09 Å². The van der Waals surface area contributed by atoms with Gasteiger partial charge in [0.1, 0.15) is 11.4 Å². The van der Waals surface area contributed by atoms with E-state index in [-0.39, 0.29) is 23.7 Å². The second kappa shape index (κ2) is 8.65. The highest BCUT2D eigenvalue weighted by atomic mass is 16.6. The lowest BCUT2D eigenvalue weighted by molar-refractivity contribution is -0.105. The summed E-state index contributed by atoms with van der Waals surface area (Å²) in [5.41, 5.74) is 1.59. The predicted molar refractivity (Wildman–Crippen MR) is 135 cm³/mol. The third-order valence-corrected chi connectivity index (χ3v) is 7.49. The molecule has 0 radical (unpaired) electrons. The van der Waals surface area contributed by atoms with Crippen molar-refractivity contribution in [2.24, 2.45) is 0 Å². The maximum absolute atomic E-state index is 12.6. The Morgan fingerprint density at radius 3 is 2.40 bits per heavy atom. The van der Waals surface area contributed by atoms with Crippen molar-refractivity contribution in [2.75, 3.05) is 36.4 Å². The number of aromatic nitrogens is 4. The SMILES string of the molecule is Cc1cc(Nc2cc(C)[nH]n2)nc(N2CCC(C)(N3CC4CC(C3)N4C(=O)OC(C)(C)C)CC2)n1. The summed E-state index contributed by atoms with van der Waals surface area (Å²) in [7, 11) is 0. The summed E-state index contributed by atoms with van der Waals surface area (Å²) < 4.78 is 5.64. The van der Waals surface area contributed by atoms with Crippen LogP contribution in [0.25, 0.3) is 0 Å². The standard InChI is InChI=1S/C25H38N8O2/c1-16-11-20(27-21-12-17(2)29-30-21)28-22(26-16)31-9-7-25(6,8-10-31)32-14-18-13-19(15-32)33(18)23(34)35-24(3,4)5/h11-12,18-19H,7-10,13-15H2,1-6H3,(H2,26,27,28,29,30). The van der Waals surface area contributed by atoms with E-state index in [2.05, 4.69) is 32.2 Å². The maximum Gasteiger partial charge on any atom is 0.410 e. The van der Waals surface area contributed by atoms with Crippen LogP contribution in [0.3, 0.4) is 0 Å². The minimum atomic E-state index is -0.455. The average molecular weight is 483 g/mol. The summed E-state index contributed by atoms with van der Waals surface area (Å²) in [4.78, 5) is 29.0. The van der Waals surface area contributed by atoms with E-state index in [0.29, 0.717) is 0 Å². The van der Waals surface area contributed by atoms with E-state index in [1.165, 1.54) is 0 Å². The second-order valence-electron chi connectivity index (χ2n) is 11.6. The Morgan fingerprint density at radius 1 is 1.11 bits per heavy atom. The summed E-state index contributed by atoms with van der Waals surface area (Å²) in [6.07, 6.45) is 3.00. The number of nitrogens with zero attached hydrogens (tertiary/aromatic N) is 6. The van der Waals surface area contributed by atoms with E-state index in [0.717, 1.165) is 74.4 Å². The molecule has 0 saturated carbocycles. The molecule has 2 atom stereocenters. The Labute approximate surface area is 207 Å². The van der Waals surface area contributed by atoms with Crippen LogP contribution in [0.5, 0.6) is 0 Å². The van der Waals surface area contributed by atoms with Gasteiger partial charge < -0.3 is 15.0 Å². The number of carbonyl (C=O) groups excluding carboxylic acids is 1. The lowest BCUT2D eigenvalue weighted by atomic mass is 9.80. The Bertz CT molecular complexity index is 1070. The predicted octanol–water partition coefficient (Wildman–Crippen LogP) is 3.61. The zero-order chi connectivity index (χ0) is 25.0. The second-order valence-corrected chi connectivity index (χ2v) is 11.6. The van der Waals surface area contributed by atoms with Crippen molar-refractivity contribution >= 4 is 23.7 Å². The molecule has 4 aliphatic rings. The number of aromatic amines is 1. The first-order valence-corrected chi connectivity index (χ1v) is 12.7. The molecule has 190 valence electrons. The zero-order valence-electron chi connectivity index (χ0n) is 21.8. The zero-order valence-corrected chi connectivity index (χ0v) is 21.8. The molecule has 6 heterocycles. The smallest absolute Gasteiger partial charge is 0.410 e. The highest BCUT2D eigenvalue weighted by Gasteiger charge is 2.52. The molecule has 0 aliphatic carbocycles. The van der Waals surface area contributed by atoms with Crippen LogP contribution in [-0.4, -0.2) is 85.5 Å². The molecule has 0 aromatic carbocycles. The molecule has 0 spiro atoms. The summed E-state index contributed by atoms with van der Waals surface area (Å²) in [6.45, 7) is 15.8. The quantitative estimate of drug-likeness (QED) is 0.681. The van der Waals surface area contributed by atoms with Crippen LogP contribution in [0.4, 0.5) is 22.4 Å². The van der Waals surface area contributed by atoms with E-state index in [9.17, 15) is 4.79 Å². The van der Waals surface area contributed by atoms with E-state index in [4.69, 9.17) is 14.7 Å². The molecule has 10 heteroatoms. The first-order valence-electron chi connectivity index (χ1n) is 12.7. The van der Waals surface area contributed by atoms with Gasteiger partial charge in [-0.3, -0.25) is 14.9 Å². The molecule has 4 aliphatic heterocycles. The molecule has 1 amide bonds. The number of carbonyl (C=O) groups is 1. The molecular formula is C25H38N8O2. The van der Waals surface area contributed by atoms with Crippen LogP contribution in [0.2, 0.25) is 0 Å². The van der Waals surface area contributed by atoms with Gasteiger partial charge in [-0.05, 0) is 60.8 Å². The van der Waals surface area contributed by atoms with Gasteiger partial charge in [0, 0.05) is 55.2 Å². The minimum Gasteiger partial charge on any atom is -0.444 e.